The highest BCUT2D eigenvalue weighted by molar-refractivity contribution is 7.92. The van der Waals surface area contributed by atoms with Crippen LogP contribution in [0.2, 0.25) is 0 Å². The third-order valence-corrected chi connectivity index (χ3v) is 5.09. The zero-order valence-corrected chi connectivity index (χ0v) is 14.3. The molecule has 0 saturated carbocycles. The average molecular weight is 360 g/mol. The summed E-state index contributed by atoms with van der Waals surface area (Å²) in [5.74, 6) is -0.942. The van der Waals surface area contributed by atoms with Crippen molar-refractivity contribution in [3.8, 4) is 0 Å². The van der Waals surface area contributed by atoms with Gasteiger partial charge in [0.25, 0.3) is 0 Å². The molecule has 0 spiro atoms. The molecule has 0 radical (unpaired) electrons. The molecule has 1 aromatic heterocycles. The molecule has 0 N–H and O–H groups in total. The number of hydrogen-bond donors (Lipinski definition) is 0. The first-order valence-electron chi connectivity index (χ1n) is 7.57. The van der Waals surface area contributed by atoms with Crippen LogP contribution in [0, 0.1) is 0 Å². The zero-order chi connectivity index (χ0) is 18.0. The summed E-state index contributed by atoms with van der Waals surface area (Å²) in [5.41, 5.74) is 2.08. The molecule has 25 heavy (non-hydrogen) atoms. The van der Waals surface area contributed by atoms with Crippen LogP contribution in [-0.4, -0.2) is 44.6 Å². The molecule has 0 saturated heterocycles. The van der Waals surface area contributed by atoms with Gasteiger partial charge in [0.05, 0.1) is 17.5 Å². The van der Waals surface area contributed by atoms with E-state index in [9.17, 15) is 18.0 Å². The van der Waals surface area contributed by atoms with E-state index in [0.29, 0.717) is 29.8 Å². The molecule has 7 nitrogen and oxygen atoms in total. The van der Waals surface area contributed by atoms with Gasteiger partial charge in [-0.3, -0.25) is 14.1 Å². The first kappa shape index (κ1) is 17.1. The van der Waals surface area contributed by atoms with Gasteiger partial charge >= 0.3 is 5.97 Å². The smallest absolute Gasteiger partial charge is 0.338 e. The van der Waals surface area contributed by atoms with Gasteiger partial charge in [-0.25, -0.2) is 13.2 Å². The molecule has 1 aliphatic rings. The number of hydrogen-bond acceptors (Lipinski definition) is 6. The maximum Gasteiger partial charge on any atom is 0.338 e. The molecular weight excluding hydrogens is 344 g/mol. The number of Topliss-reactive ketones (excluding diaryl/α,β-unsaturated/α-hetero) is 1. The lowest BCUT2D eigenvalue weighted by atomic mass is 10.1. The van der Waals surface area contributed by atoms with Crippen LogP contribution in [0.3, 0.4) is 0 Å². The Labute approximate surface area is 145 Å². The lowest BCUT2D eigenvalue weighted by molar-refractivity contribution is 0.0474. The first-order valence-corrected chi connectivity index (χ1v) is 9.42. The van der Waals surface area contributed by atoms with E-state index >= 15 is 0 Å². The van der Waals surface area contributed by atoms with Crippen molar-refractivity contribution in [2.24, 2.45) is 0 Å². The van der Waals surface area contributed by atoms with Gasteiger partial charge in [0.15, 0.2) is 12.4 Å². The van der Waals surface area contributed by atoms with Crippen LogP contribution in [0.1, 0.15) is 26.3 Å². The van der Waals surface area contributed by atoms with Crippen LogP contribution in [0.4, 0.5) is 5.69 Å². The Kier molecular flexibility index (Phi) is 4.54. The maximum absolute atomic E-state index is 12.2. The Morgan fingerprint density at radius 2 is 1.88 bits per heavy atom. The molecule has 0 atom stereocenters. The summed E-state index contributed by atoms with van der Waals surface area (Å²) >= 11 is 0. The molecule has 0 amide bonds. The number of pyridine rings is 1. The Morgan fingerprint density at radius 1 is 1.16 bits per heavy atom. The van der Waals surface area contributed by atoms with E-state index in [-0.39, 0.29) is 12.4 Å². The third kappa shape index (κ3) is 3.69. The molecule has 1 aliphatic heterocycles. The van der Waals surface area contributed by atoms with Gasteiger partial charge in [-0.2, -0.15) is 0 Å². The number of fused-ring (bicyclic) bond motifs is 1. The van der Waals surface area contributed by atoms with Gasteiger partial charge in [0, 0.05) is 24.5 Å². The fraction of sp³-hybridized carbons (Fsp3) is 0.235. The second kappa shape index (κ2) is 6.64. The quantitative estimate of drug-likeness (QED) is 0.592. The van der Waals surface area contributed by atoms with Crippen molar-refractivity contribution in [2.45, 2.75) is 6.42 Å². The van der Waals surface area contributed by atoms with E-state index in [1.165, 1.54) is 28.8 Å². The van der Waals surface area contributed by atoms with Gasteiger partial charge in [-0.15, -0.1) is 0 Å². The van der Waals surface area contributed by atoms with Crippen LogP contribution in [0.15, 0.2) is 42.7 Å². The van der Waals surface area contributed by atoms with Crippen molar-refractivity contribution in [1.82, 2.24) is 4.98 Å². The number of rotatable bonds is 5. The topological polar surface area (TPSA) is 93.6 Å². The van der Waals surface area contributed by atoms with Crippen molar-refractivity contribution in [3.63, 3.8) is 0 Å². The molecule has 0 aliphatic carbocycles. The van der Waals surface area contributed by atoms with Crippen molar-refractivity contribution in [1.29, 1.82) is 0 Å². The number of ether oxygens (including phenoxy) is 1. The second-order valence-corrected chi connectivity index (χ2v) is 7.57. The number of aromatic nitrogens is 1. The molecule has 1 aromatic carbocycles. The fourth-order valence-electron chi connectivity index (χ4n) is 2.68. The predicted octanol–water partition coefficient (Wildman–Crippen LogP) is 1.44. The Bertz CT molecular complexity index is 925. The summed E-state index contributed by atoms with van der Waals surface area (Å²) in [6, 6.07) is 7.82. The lowest BCUT2D eigenvalue weighted by Gasteiger charge is -2.16. The molecule has 8 heteroatoms. The molecule has 0 bridgehead atoms. The van der Waals surface area contributed by atoms with Gasteiger partial charge in [0.2, 0.25) is 10.0 Å². The fourth-order valence-corrected chi connectivity index (χ4v) is 3.63. The molecule has 0 fully saturated rings. The highest BCUT2D eigenvalue weighted by Crippen LogP contribution is 2.30. The number of anilines is 1. The average Bonchev–Trinajstić information content (AvgIpc) is 3.03. The number of carbonyl (C=O) groups excluding carboxylic acids is 2. The highest BCUT2D eigenvalue weighted by Gasteiger charge is 2.26. The van der Waals surface area contributed by atoms with E-state index in [4.69, 9.17) is 4.74 Å². The summed E-state index contributed by atoms with van der Waals surface area (Å²) in [5, 5.41) is 0. The molecule has 130 valence electrons. The number of carbonyl (C=O) groups is 2. The number of sulfonamides is 1. The minimum absolute atomic E-state index is 0.320. The lowest BCUT2D eigenvalue weighted by Crippen LogP contribution is -2.27. The number of nitrogens with zero attached hydrogens (tertiary/aromatic N) is 2. The SMILES string of the molecule is CS(=O)(=O)N1CCc2cc(C(=O)COC(=O)c3ccncc3)ccc21. The Hall–Kier alpha value is -2.74. The van der Waals surface area contributed by atoms with Crippen LogP contribution in [0.5, 0.6) is 0 Å². The molecule has 2 heterocycles. The first-order chi connectivity index (χ1) is 11.9. The predicted molar refractivity (Wildman–Crippen MR) is 91.2 cm³/mol. The molecule has 0 unspecified atom stereocenters. The monoisotopic (exact) mass is 360 g/mol. The van der Waals surface area contributed by atoms with E-state index in [0.717, 1.165) is 11.8 Å². The number of ketones is 1. The van der Waals surface area contributed by atoms with Crippen molar-refractivity contribution in [3.05, 3.63) is 59.4 Å². The third-order valence-electron chi connectivity index (χ3n) is 3.91. The largest absolute Gasteiger partial charge is 0.454 e. The van der Waals surface area contributed by atoms with E-state index < -0.39 is 16.0 Å². The molecular formula is C17H16N2O5S. The van der Waals surface area contributed by atoms with Crippen LogP contribution >= 0.6 is 0 Å². The van der Waals surface area contributed by atoms with E-state index in [1.807, 2.05) is 0 Å². The standard InChI is InChI=1S/C17H16N2O5S/c1-25(22,23)19-9-6-13-10-14(2-3-15(13)19)16(20)11-24-17(21)12-4-7-18-8-5-12/h2-5,7-8,10H,6,9,11H2,1H3. The van der Waals surface area contributed by atoms with Crippen molar-refractivity contribution >= 4 is 27.5 Å². The summed E-state index contributed by atoms with van der Waals surface area (Å²) in [6.07, 6.45) is 4.62. The summed E-state index contributed by atoms with van der Waals surface area (Å²) in [6.45, 7) is -0.0153. The van der Waals surface area contributed by atoms with Crippen molar-refractivity contribution < 1.29 is 22.7 Å². The summed E-state index contributed by atoms with van der Waals surface area (Å²) in [7, 11) is -3.33. The second-order valence-electron chi connectivity index (χ2n) is 5.66. The number of esters is 1. The van der Waals surface area contributed by atoms with Crippen molar-refractivity contribution in [2.75, 3.05) is 23.7 Å². The van der Waals surface area contributed by atoms with E-state index in [2.05, 4.69) is 4.98 Å². The van der Waals surface area contributed by atoms with Crippen LogP contribution in [-0.2, 0) is 21.2 Å². The summed E-state index contributed by atoms with van der Waals surface area (Å²) < 4.78 is 29.8. The van der Waals surface area contributed by atoms with Gasteiger partial charge in [-0.05, 0) is 42.3 Å². The minimum atomic E-state index is -3.33. The summed E-state index contributed by atoms with van der Waals surface area (Å²) in [4.78, 5) is 27.9. The Balaban J connectivity index is 1.69. The van der Waals surface area contributed by atoms with E-state index in [1.54, 1.807) is 18.2 Å². The molecule has 3 rings (SSSR count). The van der Waals surface area contributed by atoms with Crippen LogP contribution in [0.25, 0.3) is 0 Å². The number of benzene rings is 1. The molecule has 2 aromatic rings. The van der Waals surface area contributed by atoms with Gasteiger partial charge in [0.1, 0.15) is 0 Å². The zero-order valence-electron chi connectivity index (χ0n) is 13.5. The normalized spacial score (nSPS) is 13.4. The highest BCUT2D eigenvalue weighted by atomic mass is 32.2. The van der Waals surface area contributed by atoms with Crippen LogP contribution < -0.4 is 4.31 Å². The van der Waals surface area contributed by atoms with Gasteiger partial charge < -0.3 is 4.74 Å². The minimum Gasteiger partial charge on any atom is -0.454 e. The Morgan fingerprint density at radius 3 is 2.56 bits per heavy atom. The van der Waals surface area contributed by atoms with Gasteiger partial charge in [-0.1, -0.05) is 0 Å². The maximum atomic E-state index is 12.2.